The van der Waals surface area contributed by atoms with Crippen LogP contribution in [0.3, 0.4) is 0 Å². The van der Waals surface area contributed by atoms with Crippen LogP contribution in [0.1, 0.15) is 34.7 Å². The third-order valence-electron chi connectivity index (χ3n) is 5.71. The number of fused-ring (bicyclic) bond motifs is 1. The molecule has 4 rings (SSSR count). The van der Waals surface area contributed by atoms with E-state index in [2.05, 4.69) is 53.7 Å². The van der Waals surface area contributed by atoms with Crippen LogP contribution < -0.4 is 15.0 Å². The molecule has 1 aromatic heterocycles. The van der Waals surface area contributed by atoms with Crippen molar-refractivity contribution in [2.45, 2.75) is 18.8 Å². The Balaban J connectivity index is 1.73. The van der Waals surface area contributed by atoms with Crippen LogP contribution in [0.2, 0.25) is 0 Å². The zero-order chi connectivity index (χ0) is 23.2. The van der Waals surface area contributed by atoms with Crippen molar-refractivity contribution in [1.29, 1.82) is 5.26 Å². The van der Waals surface area contributed by atoms with Crippen molar-refractivity contribution in [3.63, 3.8) is 0 Å². The number of rotatable bonds is 9. The fraction of sp³-hybridized carbons (Fsp3) is 0.222. The molecule has 1 heterocycles. The molecule has 166 valence electrons. The number of hydrogen-bond acceptors (Lipinski definition) is 6. The molecular formula is C27H27N5O. The molecule has 1 atom stereocenters. The molecule has 1 aliphatic carbocycles. The maximum absolute atomic E-state index is 9.38. The van der Waals surface area contributed by atoms with E-state index in [1.807, 2.05) is 25.3 Å². The second-order valence-electron chi connectivity index (χ2n) is 7.95. The van der Waals surface area contributed by atoms with Crippen molar-refractivity contribution in [2.75, 3.05) is 30.4 Å². The number of nitriles is 1. The quantitative estimate of drug-likeness (QED) is 0.455. The van der Waals surface area contributed by atoms with Crippen LogP contribution in [0.15, 0.2) is 73.8 Å². The summed E-state index contributed by atoms with van der Waals surface area (Å²) in [6.45, 7) is 8.56. The molecule has 0 amide bonds. The summed E-state index contributed by atoms with van der Waals surface area (Å²) >= 11 is 0. The molecule has 1 aliphatic rings. The summed E-state index contributed by atoms with van der Waals surface area (Å²) in [6.07, 6.45) is 5.45. The second kappa shape index (κ2) is 10.0. The maximum Gasteiger partial charge on any atom is 0.229 e. The van der Waals surface area contributed by atoms with E-state index < -0.39 is 0 Å². The molecule has 33 heavy (non-hydrogen) atoms. The van der Waals surface area contributed by atoms with Gasteiger partial charge in [0.2, 0.25) is 5.95 Å². The summed E-state index contributed by atoms with van der Waals surface area (Å²) in [6, 6.07) is 18.0. The Kier molecular flexibility index (Phi) is 6.70. The van der Waals surface area contributed by atoms with Crippen LogP contribution in [0.4, 0.5) is 17.5 Å². The van der Waals surface area contributed by atoms with Gasteiger partial charge in [-0.15, -0.1) is 6.58 Å². The average molecular weight is 438 g/mol. The number of nitrogens with zero attached hydrogens (tertiary/aromatic N) is 4. The molecule has 0 saturated carbocycles. The van der Waals surface area contributed by atoms with Crippen molar-refractivity contribution in [2.24, 2.45) is 0 Å². The van der Waals surface area contributed by atoms with Gasteiger partial charge in [-0.2, -0.15) is 10.2 Å². The van der Waals surface area contributed by atoms with Crippen LogP contribution in [0, 0.1) is 11.3 Å². The van der Waals surface area contributed by atoms with E-state index in [-0.39, 0.29) is 5.92 Å². The summed E-state index contributed by atoms with van der Waals surface area (Å²) in [4.78, 5) is 11.9. The smallest absolute Gasteiger partial charge is 0.229 e. The van der Waals surface area contributed by atoms with Gasteiger partial charge in [-0.1, -0.05) is 49.1 Å². The highest BCUT2D eigenvalue weighted by Gasteiger charge is 2.30. The first-order valence-electron chi connectivity index (χ1n) is 11.0. The van der Waals surface area contributed by atoms with E-state index in [0.717, 1.165) is 30.0 Å². The molecule has 0 radical (unpaired) electrons. The normalized spacial score (nSPS) is 14.1. The average Bonchev–Trinajstić information content (AvgIpc) is 3.27. The first-order valence-corrected chi connectivity index (χ1v) is 11.0. The summed E-state index contributed by atoms with van der Waals surface area (Å²) in [5.41, 5.74) is 4.72. The summed E-state index contributed by atoms with van der Waals surface area (Å²) < 4.78 is 5.66. The van der Waals surface area contributed by atoms with Crippen LogP contribution in [0.25, 0.3) is 0 Å². The molecule has 2 aromatic carbocycles. The number of hydrogen-bond donors (Lipinski definition) is 1. The van der Waals surface area contributed by atoms with Crippen LogP contribution in [-0.2, 0) is 6.42 Å². The molecule has 6 nitrogen and oxygen atoms in total. The fourth-order valence-corrected chi connectivity index (χ4v) is 4.19. The Morgan fingerprint density at radius 3 is 2.73 bits per heavy atom. The molecule has 3 aromatic rings. The van der Waals surface area contributed by atoms with Gasteiger partial charge < -0.3 is 15.0 Å². The van der Waals surface area contributed by atoms with Crippen molar-refractivity contribution < 1.29 is 4.74 Å². The lowest BCUT2D eigenvalue weighted by atomic mass is 9.97. The van der Waals surface area contributed by atoms with Gasteiger partial charge in [0.15, 0.2) is 0 Å². The minimum atomic E-state index is 0.230. The minimum absolute atomic E-state index is 0.230. The van der Waals surface area contributed by atoms with Crippen molar-refractivity contribution in [3.05, 3.63) is 96.2 Å². The maximum atomic E-state index is 9.38. The predicted octanol–water partition coefficient (Wildman–Crippen LogP) is 5.36. The molecule has 0 aliphatic heterocycles. The van der Waals surface area contributed by atoms with E-state index in [4.69, 9.17) is 14.7 Å². The molecule has 6 heteroatoms. The standard InChI is InChI=1S/C27H27N5O/c1-4-15-32(3)26-23-14-13-22(19-9-7-6-8-10-19)25(23)30-27(31-26)29-21-12-11-20(18-28)24(17-21)33-16-5-2/h4-12,17,22H,1-2,13-16H2,3H3,(H,29,30,31). The lowest BCUT2D eigenvalue weighted by molar-refractivity contribution is 0.362. The molecule has 0 saturated heterocycles. The van der Waals surface area contributed by atoms with E-state index in [0.29, 0.717) is 30.4 Å². The zero-order valence-electron chi connectivity index (χ0n) is 18.8. The largest absolute Gasteiger partial charge is 0.488 e. The Labute approximate surface area is 194 Å². The van der Waals surface area contributed by atoms with Gasteiger partial charge in [-0.3, -0.25) is 0 Å². The minimum Gasteiger partial charge on any atom is -0.488 e. The predicted molar refractivity (Wildman–Crippen MR) is 132 cm³/mol. The topological polar surface area (TPSA) is 74.1 Å². The Morgan fingerprint density at radius 1 is 1.18 bits per heavy atom. The van der Waals surface area contributed by atoms with Crippen molar-refractivity contribution in [3.8, 4) is 11.8 Å². The summed E-state index contributed by atoms with van der Waals surface area (Å²) in [5.74, 6) is 2.15. The fourth-order valence-electron chi connectivity index (χ4n) is 4.19. The second-order valence-corrected chi connectivity index (χ2v) is 7.95. The molecule has 1 unspecified atom stereocenters. The lowest BCUT2D eigenvalue weighted by Gasteiger charge is -2.21. The SMILES string of the molecule is C=CCOc1cc(Nc2nc3c(c(N(C)CC=C)n2)CCC3c2ccccc2)ccc1C#N. The van der Waals surface area contributed by atoms with Crippen LogP contribution >= 0.6 is 0 Å². The summed E-state index contributed by atoms with van der Waals surface area (Å²) in [5, 5.41) is 12.7. The van der Waals surface area contributed by atoms with Gasteiger partial charge in [0.25, 0.3) is 0 Å². The van der Waals surface area contributed by atoms with Crippen molar-refractivity contribution >= 4 is 17.5 Å². The molecular weight excluding hydrogens is 410 g/mol. The number of likely N-dealkylation sites (N-methyl/N-ethyl adjacent to an activating group) is 1. The van der Waals surface area contributed by atoms with Gasteiger partial charge in [0.1, 0.15) is 24.2 Å². The van der Waals surface area contributed by atoms with Gasteiger partial charge in [-0.05, 0) is 30.5 Å². The molecule has 0 spiro atoms. The number of benzene rings is 2. The van der Waals surface area contributed by atoms with Crippen molar-refractivity contribution in [1.82, 2.24) is 9.97 Å². The molecule has 0 bridgehead atoms. The van der Waals surface area contributed by atoms with Gasteiger partial charge in [-0.25, -0.2) is 4.98 Å². The highest BCUT2D eigenvalue weighted by molar-refractivity contribution is 5.63. The van der Waals surface area contributed by atoms with Crippen LogP contribution in [0.5, 0.6) is 5.75 Å². The first kappa shape index (κ1) is 22.1. The van der Waals surface area contributed by atoms with Gasteiger partial charge in [0.05, 0.1) is 11.3 Å². The molecule has 1 N–H and O–H groups in total. The Morgan fingerprint density at radius 2 is 2.00 bits per heavy atom. The van der Waals surface area contributed by atoms with E-state index >= 15 is 0 Å². The molecule has 0 fully saturated rings. The number of aromatic nitrogens is 2. The van der Waals surface area contributed by atoms with E-state index in [9.17, 15) is 5.26 Å². The first-order chi connectivity index (χ1) is 16.1. The van der Waals surface area contributed by atoms with Gasteiger partial charge >= 0.3 is 0 Å². The van der Waals surface area contributed by atoms with Gasteiger partial charge in [0, 0.05) is 36.8 Å². The summed E-state index contributed by atoms with van der Waals surface area (Å²) in [7, 11) is 2.02. The zero-order valence-corrected chi connectivity index (χ0v) is 18.8. The van der Waals surface area contributed by atoms with E-state index in [1.165, 1.54) is 11.1 Å². The number of nitrogens with one attached hydrogen (secondary N) is 1. The third-order valence-corrected chi connectivity index (χ3v) is 5.71. The highest BCUT2D eigenvalue weighted by atomic mass is 16.5. The Hall–Kier alpha value is -4.11. The number of ether oxygens (including phenoxy) is 1. The number of anilines is 3. The van der Waals surface area contributed by atoms with E-state index in [1.54, 1.807) is 18.2 Å². The lowest BCUT2D eigenvalue weighted by Crippen LogP contribution is -2.21. The monoisotopic (exact) mass is 437 g/mol. The Bertz CT molecular complexity index is 1200. The third kappa shape index (κ3) is 4.73. The van der Waals surface area contributed by atoms with Crippen LogP contribution in [-0.4, -0.2) is 30.2 Å². The highest BCUT2D eigenvalue weighted by Crippen LogP contribution is 2.41.